The van der Waals surface area contributed by atoms with Gasteiger partial charge in [-0.1, -0.05) is 24.3 Å². The van der Waals surface area contributed by atoms with E-state index in [-0.39, 0.29) is 23.5 Å². The molecule has 0 amide bonds. The van der Waals surface area contributed by atoms with E-state index in [4.69, 9.17) is 23.7 Å². The zero-order chi connectivity index (χ0) is 26.4. The molecule has 8 nitrogen and oxygen atoms in total. The summed E-state index contributed by atoms with van der Waals surface area (Å²) in [6.07, 6.45) is 1.66. The van der Waals surface area contributed by atoms with Gasteiger partial charge in [0.25, 0.3) is 0 Å². The zero-order valence-corrected chi connectivity index (χ0v) is 20.1. The second-order valence-corrected chi connectivity index (χ2v) is 8.88. The molecule has 0 aliphatic carbocycles. The molecule has 0 bridgehead atoms. The number of fused-ring (bicyclic) bond motifs is 3. The zero-order valence-electron chi connectivity index (χ0n) is 20.1. The fourth-order valence-electron chi connectivity index (χ4n) is 4.67. The maximum atomic E-state index is 13.2. The van der Waals surface area contributed by atoms with Gasteiger partial charge in [-0.25, -0.2) is 4.79 Å². The molecule has 6 rings (SSSR count). The van der Waals surface area contributed by atoms with Crippen LogP contribution >= 0.6 is 0 Å². The van der Waals surface area contributed by atoms with Crippen LogP contribution in [0.4, 0.5) is 0 Å². The molecule has 0 fully saturated rings. The molecule has 1 aromatic heterocycles. The van der Waals surface area contributed by atoms with Crippen molar-refractivity contribution >= 4 is 23.8 Å². The Hall–Kier alpha value is -5.11. The van der Waals surface area contributed by atoms with Crippen molar-refractivity contribution in [2.45, 2.75) is 12.3 Å². The number of carbonyl (C=O) groups excluding carboxylic acids is 2. The Morgan fingerprint density at radius 2 is 1.71 bits per heavy atom. The SMILES string of the molecule is COc1ccc(/C=C2\Oc3c(ccc4c3[C@H](c3ccc(-c5ccc(C(=O)O)cc5)o3)CC(=O)O4)C2=O)cc1. The highest BCUT2D eigenvalue weighted by molar-refractivity contribution is 6.15. The number of ketones is 1. The molecule has 2 aliphatic heterocycles. The number of ether oxygens (including phenoxy) is 3. The third kappa shape index (κ3) is 4.02. The first-order chi connectivity index (χ1) is 18.4. The summed E-state index contributed by atoms with van der Waals surface area (Å²) in [6, 6.07) is 20.2. The van der Waals surface area contributed by atoms with E-state index in [1.807, 2.05) is 12.1 Å². The van der Waals surface area contributed by atoms with Crippen LogP contribution in [0.2, 0.25) is 0 Å². The van der Waals surface area contributed by atoms with Gasteiger partial charge >= 0.3 is 11.9 Å². The van der Waals surface area contributed by atoms with E-state index in [1.54, 1.807) is 61.7 Å². The molecule has 0 saturated carbocycles. The van der Waals surface area contributed by atoms with Crippen LogP contribution < -0.4 is 14.2 Å². The number of Topliss-reactive ketones (excluding diaryl/α,β-unsaturated/α-hetero) is 1. The molecule has 1 atom stereocenters. The van der Waals surface area contributed by atoms with Crippen molar-refractivity contribution in [1.29, 1.82) is 0 Å². The highest BCUT2D eigenvalue weighted by Crippen LogP contribution is 2.49. The summed E-state index contributed by atoms with van der Waals surface area (Å²) >= 11 is 0. The number of benzene rings is 3. The summed E-state index contributed by atoms with van der Waals surface area (Å²) in [5.74, 6) is 0.271. The van der Waals surface area contributed by atoms with Gasteiger partial charge in [-0.15, -0.1) is 0 Å². The van der Waals surface area contributed by atoms with Crippen molar-refractivity contribution in [2.24, 2.45) is 0 Å². The number of carboxylic acid groups (broad SMARTS) is 1. The van der Waals surface area contributed by atoms with Gasteiger partial charge in [0.1, 0.15) is 28.8 Å². The van der Waals surface area contributed by atoms with Gasteiger partial charge in [-0.05, 0) is 60.2 Å². The number of hydrogen-bond donors (Lipinski definition) is 1. The van der Waals surface area contributed by atoms with Gasteiger partial charge in [0.2, 0.25) is 5.78 Å². The van der Waals surface area contributed by atoms with Crippen LogP contribution in [-0.2, 0) is 4.79 Å². The molecule has 8 heteroatoms. The highest BCUT2D eigenvalue weighted by Gasteiger charge is 2.39. The smallest absolute Gasteiger partial charge is 0.335 e. The van der Waals surface area contributed by atoms with E-state index >= 15 is 0 Å². The first-order valence-corrected chi connectivity index (χ1v) is 11.8. The molecule has 1 N–H and O–H groups in total. The summed E-state index contributed by atoms with van der Waals surface area (Å²) < 4.78 is 22.9. The van der Waals surface area contributed by atoms with Crippen LogP contribution in [0.25, 0.3) is 17.4 Å². The largest absolute Gasteiger partial charge is 0.497 e. The van der Waals surface area contributed by atoms with Crippen molar-refractivity contribution in [3.05, 3.63) is 107 Å². The Balaban J connectivity index is 1.36. The third-order valence-electron chi connectivity index (χ3n) is 6.58. The summed E-state index contributed by atoms with van der Waals surface area (Å²) in [5.41, 5.74) is 2.57. The molecule has 0 radical (unpaired) electrons. The Kier molecular flexibility index (Phi) is 5.57. The third-order valence-corrected chi connectivity index (χ3v) is 6.58. The first-order valence-electron chi connectivity index (χ1n) is 11.8. The molecule has 0 saturated heterocycles. The molecule has 3 heterocycles. The number of carboxylic acids is 1. The van der Waals surface area contributed by atoms with Crippen molar-refractivity contribution in [3.63, 3.8) is 0 Å². The van der Waals surface area contributed by atoms with Crippen molar-refractivity contribution in [3.8, 4) is 28.6 Å². The van der Waals surface area contributed by atoms with E-state index < -0.39 is 17.9 Å². The van der Waals surface area contributed by atoms with Crippen LogP contribution in [0.1, 0.15) is 49.9 Å². The predicted octanol–water partition coefficient (Wildman–Crippen LogP) is 5.71. The van der Waals surface area contributed by atoms with Crippen LogP contribution in [0, 0.1) is 0 Å². The Bertz CT molecular complexity index is 1620. The molecule has 0 spiro atoms. The maximum absolute atomic E-state index is 13.2. The molecule has 0 unspecified atom stereocenters. The second-order valence-electron chi connectivity index (χ2n) is 8.88. The Morgan fingerprint density at radius 1 is 0.947 bits per heavy atom. The topological polar surface area (TPSA) is 112 Å². The number of esters is 1. The van der Waals surface area contributed by atoms with Gasteiger partial charge in [0.05, 0.1) is 30.6 Å². The van der Waals surface area contributed by atoms with Gasteiger partial charge in [-0.3, -0.25) is 9.59 Å². The van der Waals surface area contributed by atoms with Crippen molar-refractivity contribution in [2.75, 3.05) is 7.11 Å². The fourth-order valence-corrected chi connectivity index (χ4v) is 4.67. The minimum Gasteiger partial charge on any atom is -0.497 e. The van der Waals surface area contributed by atoms with Gasteiger partial charge < -0.3 is 23.7 Å². The molecule has 2 aliphatic rings. The van der Waals surface area contributed by atoms with Gasteiger partial charge in [0.15, 0.2) is 5.76 Å². The molecule has 4 aromatic rings. The molecular weight excluding hydrogens is 488 g/mol. The molecule has 3 aromatic carbocycles. The molecule has 38 heavy (non-hydrogen) atoms. The Labute approximate surface area is 216 Å². The number of hydrogen-bond acceptors (Lipinski definition) is 7. The van der Waals surface area contributed by atoms with E-state index in [1.165, 1.54) is 12.1 Å². The van der Waals surface area contributed by atoms with Gasteiger partial charge in [-0.2, -0.15) is 0 Å². The lowest BCUT2D eigenvalue weighted by atomic mass is 9.88. The molecule has 188 valence electrons. The van der Waals surface area contributed by atoms with Crippen molar-refractivity contribution in [1.82, 2.24) is 0 Å². The van der Waals surface area contributed by atoms with Crippen LogP contribution in [-0.4, -0.2) is 29.9 Å². The van der Waals surface area contributed by atoms with Crippen LogP contribution in [0.3, 0.4) is 0 Å². The van der Waals surface area contributed by atoms with E-state index in [0.717, 1.165) is 5.56 Å². The quantitative estimate of drug-likeness (QED) is 0.207. The summed E-state index contributed by atoms with van der Waals surface area (Å²) in [5, 5.41) is 9.14. The van der Waals surface area contributed by atoms with E-state index in [2.05, 4.69) is 0 Å². The average Bonchev–Trinajstić information content (AvgIpc) is 3.54. The Morgan fingerprint density at radius 3 is 2.42 bits per heavy atom. The lowest BCUT2D eigenvalue weighted by Crippen LogP contribution is -2.21. The standard InChI is InChI=1S/C30H20O8/c1-35-19-8-2-16(3-9-19)14-25-28(32)20-10-11-24-27(29(20)38-25)21(15-26(31)37-24)23-13-12-22(36-23)17-4-6-18(7-5-17)30(33)34/h2-14,21H,15H2,1H3,(H,33,34)/b25-14-/t21-/m0/s1. The summed E-state index contributed by atoms with van der Waals surface area (Å²) in [7, 11) is 1.58. The normalized spacial score (nSPS) is 17.0. The predicted molar refractivity (Wildman–Crippen MR) is 136 cm³/mol. The van der Waals surface area contributed by atoms with E-state index in [0.29, 0.717) is 45.5 Å². The van der Waals surface area contributed by atoms with Gasteiger partial charge in [0, 0.05) is 11.1 Å². The number of carbonyl (C=O) groups is 3. The lowest BCUT2D eigenvalue weighted by Gasteiger charge is -2.24. The number of methoxy groups -OCH3 is 1. The minimum absolute atomic E-state index is 0.00341. The lowest BCUT2D eigenvalue weighted by molar-refractivity contribution is -0.135. The highest BCUT2D eigenvalue weighted by atomic mass is 16.5. The summed E-state index contributed by atoms with van der Waals surface area (Å²) in [6.45, 7) is 0. The fraction of sp³-hybridized carbons (Fsp3) is 0.100. The van der Waals surface area contributed by atoms with Crippen LogP contribution in [0.15, 0.2) is 83.0 Å². The van der Waals surface area contributed by atoms with E-state index in [9.17, 15) is 14.4 Å². The monoisotopic (exact) mass is 508 g/mol. The number of rotatable bonds is 5. The maximum Gasteiger partial charge on any atom is 0.335 e. The van der Waals surface area contributed by atoms with Crippen molar-refractivity contribution < 1.29 is 38.1 Å². The minimum atomic E-state index is -1.02. The van der Waals surface area contributed by atoms with Crippen LogP contribution in [0.5, 0.6) is 17.2 Å². The summed E-state index contributed by atoms with van der Waals surface area (Å²) in [4.78, 5) is 36.8. The number of furan rings is 1. The first kappa shape index (κ1) is 23.3. The average molecular weight is 508 g/mol. The number of aromatic carboxylic acids is 1. The second kappa shape index (κ2) is 9.08. The molecular formula is C30H20O8. The number of allylic oxidation sites excluding steroid dienone is 1.